The Morgan fingerprint density at radius 1 is 1.06 bits per heavy atom. The summed E-state index contributed by atoms with van der Waals surface area (Å²) in [6, 6.07) is 9.94. The lowest BCUT2D eigenvalue weighted by Crippen LogP contribution is -2.19. The van der Waals surface area contributed by atoms with E-state index in [1.165, 1.54) is 0 Å². The van der Waals surface area contributed by atoms with Gasteiger partial charge in [-0.1, -0.05) is 24.9 Å². The summed E-state index contributed by atoms with van der Waals surface area (Å²) in [5.74, 6) is 5.17. The Balaban J connectivity index is 1.83. The third kappa shape index (κ3) is 4.94. The van der Waals surface area contributed by atoms with Gasteiger partial charge < -0.3 is 28.9 Å². The van der Waals surface area contributed by atoms with E-state index in [0.717, 1.165) is 52.0 Å². The molecular weight excluding hydrogens is 442 g/mol. The number of oxime groups is 1. The van der Waals surface area contributed by atoms with Crippen LogP contribution in [-0.4, -0.2) is 63.2 Å². The topological polar surface area (TPSA) is 68.3 Å². The molecule has 4 rings (SSSR count). The van der Waals surface area contributed by atoms with E-state index in [1.54, 1.807) is 14.2 Å². The monoisotopic (exact) mass is 475 g/mol. The Morgan fingerprint density at radius 2 is 1.77 bits per heavy atom. The molecule has 7 heteroatoms. The van der Waals surface area contributed by atoms with Crippen molar-refractivity contribution in [3.8, 4) is 40.8 Å². The number of likely N-dealkylation sites (N-methyl/N-ethyl adjacent to an activating group) is 1. The summed E-state index contributed by atoms with van der Waals surface area (Å²) in [5, 5.41) is 5.61. The van der Waals surface area contributed by atoms with Crippen molar-refractivity contribution in [1.29, 1.82) is 0 Å². The number of aromatic nitrogens is 1. The van der Waals surface area contributed by atoms with Crippen molar-refractivity contribution in [1.82, 2.24) is 9.88 Å². The zero-order chi connectivity index (χ0) is 25.1. The molecular formula is C28H33N3O4. The number of H-pyrrole nitrogens is 1. The highest BCUT2D eigenvalue weighted by molar-refractivity contribution is 6.30. The van der Waals surface area contributed by atoms with Crippen LogP contribution in [0.15, 0.2) is 35.5 Å². The Bertz CT molecular complexity index is 1280. The summed E-state index contributed by atoms with van der Waals surface area (Å²) >= 11 is 0. The van der Waals surface area contributed by atoms with Gasteiger partial charge in [0.2, 0.25) is 0 Å². The minimum absolute atomic E-state index is 0.391. The molecule has 2 aromatic carbocycles. The molecule has 35 heavy (non-hydrogen) atoms. The Morgan fingerprint density at radius 3 is 2.40 bits per heavy atom. The number of terminal acetylenes is 1. The number of hydrogen-bond acceptors (Lipinski definition) is 6. The molecule has 1 aliphatic carbocycles. The average Bonchev–Trinajstić information content (AvgIpc) is 3.34. The molecule has 0 bridgehead atoms. The van der Waals surface area contributed by atoms with Gasteiger partial charge in [-0.25, -0.2) is 0 Å². The Kier molecular flexibility index (Phi) is 7.23. The molecule has 0 saturated carbocycles. The maximum absolute atomic E-state index is 6.01. The van der Waals surface area contributed by atoms with Gasteiger partial charge >= 0.3 is 0 Å². The van der Waals surface area contributed by atoms with E-state index in [-0.39, 0.29) is 0 Å². The van der Waals surface area contributed by atoms with Crippen LogP contribution in [0, 0.1) is 18.3 Å². The van der Waals surface area contributed by atoms with Gasteiger partial charge in [-0.3, -0.25) is 0 Å². The molecule has 0 radical (unpaired) electrons. The SMILES string of the molecule is C#CC(CC(C)C)ON=C1c2cc(OC)c(OC)cc2-c2[nH]c3ccc(OCCN(C)C)cc3c21. The van der Waals surface area contributed by atoms with E-state index < -0.39 is 6.10 Å². The van der Waals surface area contributed by atoms with E-state index in [0.29, 0.717) is 29.7 Å². The predicted octanol–water partition coefficient (Wildman–Crippen LogP) is 4.92. The predicted molar refractivity (Wildman–Crippen MR) is 140 cm³/mol. The number of aromatic amines is 1. The van der Waals surface area contributed by atoms with Crippen molar-refractivity contribution in [2.45, 2.75) is 26.4 Å². The Labute approximate surface area is 207 Å². The fraction of sp³-hybridized carbons (Fsp3) is 0.393. The lowest BCUT2D eigenvalue weighted by Gasteiger charge is -2.13. The first-order valence-corrected chi connectivity index (χ1v) is 11.8. The normalized spacial score (nSPS) is 14.2. The molecule has 1 heterocycles. The number of rotatable bonds is 10. The van der Waals surface area contributed by atoms with Crippen LogP contribution in [0.25, 0.3) is 22.2 Å². The molecule has 1 aliphatic rings. The van der Waals surface area contributed by atoms with Crippen molar-refractivity contribution in [3.63, 3.8) is 0 Å². The van der Waals surface area contributed by atoms with Gasteiger partial charge in [0.25, 0.3) is 0 Å². The van der Waals surface area contributed by atoms with E-state index >= 15 is 0 Å². The number of hydrogen-bond donors (Lipinski definition) is 1. The van der Waals surface area contributed by atoms with Gasteiger partial charge in [-0.15, -0.1) is 6.42 Å². The number of methoxy groups -OCH3 is 2. The van der Waals surface area contributed by atoms with Gasteiger partial charge in [-0.05, 0) is 50.3 Å². The van der Waals surface area contributed by atoms with Gasteiger partial charge in [0.15, 0.2) is 17.6 Å². The van der Waals surface area contributed by atoms with E-state index in [4.69, 9.17) is 25.5 Å². The van der Waals surface area contributed by atoms with E-state index in [2.05, 4.69) is 34.8 Å². The molecule has 0 amide bonds. The number of nitrogens with one attached hydrogen (secondary N) is 1. The highest BCUT2D eigenvalue weighted by atomic mass is 16.6. The molecule has 0 aliphatic heterocycles. The molecule has 0 spiro atoms. The summed E-state index contributed by atoms with van der Waals surface area (Å²) in [6.07, 6.45) is 6.04. The van der Waals surface area contributed by atoms with Crippen LogP contribution in [0.4, 0.5) is 0 Å². The molecule has 1 unspecified atom stereocenters. The third-order valence-electron chi connectivity index (χ3n) is 6.00. The minimum atomic E-state index is -0.412. The fourth-order valence-corrected chi connectivity index (χ4v) is 4.25. The van der Waals surface area contributed by atoms with Crippen molar-refractivity contribution in [2.75, 3.05) is 41.5 Å². The molecule has 1 aromatic heterocycles. The van der Waals surface area contributed by atoms with Crippen LogP contribution in [0.3, 0.4) is 0 Å². The minimum Gasteiger partial charge on any atom is -0.493 e. The third-order valence-corrected chi connectivity index (χ3v) is 6.00. The zero-order valence-electron chi connectivity index (χ0n) is 21.3. The van der Waals surface area contributed by atoms with Crippen LogP contribution in [-0.2, 0) is 4.84 Å². The largest absolute Gasteiger partial charge is 0.493 e. The molecule has 7 nitrogen and oxygen atoms in total. The van der Waals surface area contributed by atoms with Crippen LogP contribution in [0.1, 0.15) is 31.4 Å². The summed E-state index contributed by atoms with van der Waals surface area (Å²) in [4.78, 5) is 11.5. The highest BCUT2D eigenvalue weighted by Gasteiger charge is 2.32. The van der Waals surface area contributed by atoms with Crippen LogP contribution in [0.2, 0.25) is 0 Å². The van der Waals surface area contributed by atoms with Crippen LogP contribution < -0.4 is 14.2 Å². The lowest BCUT2D eigenvalue weighted by molar-refractivity contribution is 0.0845. The second-order valence-electron chi connectivity index (χ2n) is 9.32. The van der Waals surface area contributed by atoms with Gasteiger partial charge in [0.1, 0.15) is 18.1 Å². The van der Waals surface area contributed by atoms with E-state index in [1.807, 2.05) is 44.4 Å². The van der Waals surface area contributed by atoms with E-state index in [9.17, 15) is 0 Å². The van der Waals surface area contributed by atoms with Gasteiger partial charge in [0, 0.05) is 40.6 Å². The number of benzene rings is 2. The van der Waals surface area contributed by atoms with Crippen molar-refractivity contribution in [3.05, 3.63) is 41.5 Å². The molecule has 184 valence electrons. The second-order valence-corrected chi connectivity index (χ2v) is 9.32. The Hall–Kier alpha value is -3.63. The average molecular weight is 476 g/mol. The highest BCUT2D eigenvalue weighted by Crippen LogP contribution is 2.46. The maximum Gasteiger partial charge on any atom is 0.187 e. The summed E-state index contributed by atoms with van der Waals surface area (Å²) in [5.41, 5.74) is 5.45. The van der Waals surface area contributed by atoms with Crippen LogP contribution in [0.5, 0.6) is 17.2 Å². The molecule has 0 saturated heterocycles. The summed E-state index contributed by atoms with van der Waals surface area (Å²) in [7, 11) is 7.30. The summed E-state index contributed by atoms with van der Waals surface area (Å²) in [6.45, 7) is 5.65. The molecule has 1 N–H and O–H groups in total. The second kappa shape index (κ2) is 10.3. The first-order chi connectivity index (χ1) is 16.9. The van der Waals surface area contributed by atoms with Crippen LogP contribution >= 0.6 is 0 Å². The number of fused-ring (bicyclic) bond motifs is 5. The zero-order valence-corrected chi connectivity index (χ0v) is 21.3. The number of nitrogens with zero attached hydrogens (tertiary/aromatic N) is 2. The molecule has 1 atom stereocenters. The quantitative estimate of drug-likeness (QED) is 0.260. The van der Waals surface area contributed by atoms with Crippen molar-refractivity contribution in [2.24, 2.45) is 11.1 Å². The maximum atomic E-state index is 6.01. The summed E-state index contributed by atoms with van der Waals surface area (Å²) < 4.78 is 17.1. The lowest BCUT2D eigenvalue weighted by atomic mass is 10.1. The fourth-order valence-electron chi connectivity index (χ4n) is 4.25. The van der Waals surface area contributed by atoms with Crippen molar-refractivity contribution < 1.29 is 19.0 Å². The molecule has 0 fully saturated rings. The van der Waals surface area contributed by atoms with Gasteiger partial charge in [-0.2, -0.15) is 0 Å². The van der Waals surface area contributed by atoms with Gasteiger partial charge in [0.05, 0.1) is 19.9 Å². The number of ether oxygens (including phenoxy) is 3. The smallest absolute Gasteiger partial charge is 0.187 e. The molecule has 3 aromatic rings. The first kappa shape index (κ1) is 24.5. The first-order valence-electron chi connectivity index (χ1n) is 11.8. The standard InChI is InChI=1S/C28H33N3O4/c1-8-18(13-17(2)3)35-30-28-21-16-25(33-7)24(32-6)15-20(21)27-26(28)22-14-19(9-10-23(22)29-27)34-12-11-31(4)5/h1,9-10,14-18,29H,11-13H2,2-7H3. The van der Waals surface area contributed by atoms with Crippen molar-refractivity contribution >= 4 is 16.6 Å².